The van der Waals surface area contributed by atoms with Crippen LogP contribution in [0.2, 0.25) is 144 Å². The minimum atomic E-state index is -3.82. The van der Waals surface area contributed by atoms with Gasteiger partial charge in [-0.3, -0.25) is 0 Å². The van der Waals surface area contributed by atoms with E-state index in [2.05, 4.69) is 46.9 Å². The Morgan fingerprint density at radius 3 is 1.03 bits per heavy atom. The molecule has 0 heterocycles. The fraction of sp³-hybridized carbons (Fsp3) is 0.914. The highest BCUT2D eigenvalue weighted by molar-refractivity contribution is 7.54. The van der Waals surface area contributed by atoms with Gasteiger partial charge in [-0.1, -0.05) is 13.5 Å². The van der Waals surface area contributed by atoms with Gasteiger partial charge in [0.05, 0.1) is 26.9 Å². The van der Waals surface area contributed by atoms with Crippen molar-refractivity contribution in [1.29, 1.82) is 0 Å². The van der Waals surface area contributed by atoms with Gasteiger partial charge in [0.1, 0.15) is 19.4 Å². The van der Waals surface area contributed by atoms with E-state index < -0.39 is 108 Å². The van der Waals surface area contributed by atoms with E-state index in [1.54, 1.807) is 6.92 Å². The van der Waals surface area contributed by atoms with Crippen LogP contribution in [0.4, 0.5) is 0 Å². The van der Waals surface area contributed by atoms with E-state index in [0.717, 1.165) is 6.17 Å². The second kappa shape index (κ2) is 23.8. The highest BCUT2D eigenvalue weighted by Crippen LogP contribution is 2.52. The molecule has 0 bridgehead atoms. The first-order valence-corrected chi connectivity index (χ1v) is 55.3. The molecule has 29 heteroatoms. The van der Waals surface area contributed by atoms with Crippen LogP contribution >= 0.6 is 8.17 Å². The third kappa shape index (κ3) is 30.2. The molecular formula is C35H94NO16PSi11+2. The molecule has 0 atom stereocenters. The van der Waals surface area contributed by atoms with Gasteiger partial charge in [0.15, 0.2) is 0 Å². The number of likely N-dealkylation sites (N-methyl/N-ethyl adjacent to an activating group) is 1. The van der Waals surface area contributed by atoms with Crippen molar-refractivity contribution in [2.45, 2.75) is 164 Å². The highest BCUT2D eigenvalue weighted by Gasteiger charge is 2.52. The molecule has 0 amide bonds. The Balaban J connectivity index is 5.57. The maximum absolute atomic E-state index is 12.0. The molecular weight excluding hydrogens is 1030 g/mol. The van der Waals surface area contributed by atoms with Crippen molar-refractivity contribution >= 4 is 108 Å². The number of nitrogens with zero attached hydrogens (tertiary/aromatic N) is 1. The molecule has 0 aromatic heterocycles. The van der Waals surface area contributed by atoms with Crippen LogP contribution in [0.25, 0.3) is 0 Å². The lowest BCUT2D eigenvalue weighted by Gasteiger charge is -2.45. The molecule has 0 unspecified atom stereocenters. The Morgan fingerprint density at radius 1 is 0.484 bits per heavy atom. The second-order valence-corrected chi connectivity index (χ2v) is 65.0. The van der Waals surface area contributed by atoms with Crippen molar-refractivity contribution < 1.29 is 74.0 Å². The molecule has 382 valence electrons. The van der Waals surface area contributed by atoms with E-state index in [1.165, 1.54) is 0 Å². The number of carbonyl (C=O) groups excluding carboxylic acids is 1. The summed E-state index contributed by atoms with van der Waals surface area (Å²) in [6, 6.07) is 0. The van der Waals surface area contributed by atoms with Crippen LogP contribution in [-0.4, -0.2) is 160 Å². The molecule has 0 fully saturated rings. The van der Waals surface area contributed by atoms with Crippen molar-refractivity contribution in [3.05, 3.63) is 12.2 Å². The predicted octanol–water partition coefficient (Wildman–Crippen LogP) is 9.26. The number of esters is 1. The molecule has 0 saturated heterocycles. The minimum absolute atomic E-state index is 0.151. The molecule has 0 radical (unpaired) electrons. The zero-order chi connectivity index (χ0) is 51.1. The van der Waals surface area contributed by atoms with Crippen LogP contribution in [0.3, 0.4) is 0 Å². The van der Waals surface area contributed by atoms with Crippen LogP contribution in [0.5, 0.6) is 0 Å². The van der Waals surface area contributed by atoms with Gasteiger partial charge < -0.3 is 50.4 Å². The average molecular weight is 1130 g/mol. The number of quaternary nitrogens is 1. The monoisotopic (exact) mass is 1120 g/mol. The highest BCUT2D eigenvalue weighted by atomic mass is 31.2. The molecule has 0 aliphatic rings. The quantitative estimate of drug-likeness (QED) is 0.0214. The summed E-state index contributed by atoms with van der Waals surface area (Å²) in [5.41, 5.74) is 0.355. The van der Waals surface area contributed by atoms with E-state index in [0.29, 0.717) is 23.0 Å². The lowest BCUT2D eigenvalue weighted by Crippen LogP contribution is -2.63. The lowest BCUT2D eigenvalue weighted by molar-refractivity contribution is -0.881. The predicted molar refractivity (Wildman–Crippen MR) is 284 cm³/mol. The van der Waals surface area contributed by atoms with E-state index >= 15 is 0 Å². The van der Waals surface area contributed by atoms with Crippen LogP contribution in [0.15, 0.2) is 12.2 Å². The number of rotatable bonds is 32. The van der Waals surface area contributed by atoms with Crippen LogP contribution in [-0.2, 0) is 59.7 Å². The van der Waals surface area contributed by atoms with Gasteiger partial charge in [-0.05, 0) is 157 Å². The smallest absolute Gasteiger partial charge is 0.463 e. The van der Waals surface area contributed by atoms with E-state index in [1.807, 2.05) is 125 Å². The lowest BCUT2D eigenvalue weighted by atomic mass is 10.4. The summed E-state index contributed by atoms with van der Waals surface area (Å²) in [5.74, 6) is -0.422. The van der Waals surface area contributed by atoms with E-state index in [-0.39, 0.29) is 19.4 Å². The van der Waals surface area contributed by atoms with Gasteiger partial charge >= 0.3 is 91.2 Å². The third-order valence-electron chi connectivity index (χ3n) is 8.10. The fourth-order valence-corrected chi connectivity index (χ4v) is 65.9. The first kappa shape index (κ1) is 65.4. The molecule has 64 heavy (non-hydrogen) atoms. The van der Waals surface area contributed by atoms with Gasteiger partial charge in [0.25, 0.3) is 0 Å². The summed E-state index contributed by atoms with van der Waals surface area (Å²) in [5, 5.41) is 0. The number of hydrogen-bond acceptors (Lipinski definition) is 16. The average Bonchev–Trinajstić information content (AvgIpc) is 2.91. The molecule has 0 aliphatic carbocycles. The van der Waals surface area contributed by atoms with Gasteiger partial charge in [-0.25, -0.2) is 4.79 Å². The normalized spacial score (nSPS) is 15.2. The Bertz CT molecular complexity index is 1520. The molecule has 0 aromatic rings. The summed E-state index contributed by atoms with van der Waals surface area (Å²) >= 11 is 0. The number of hydrogen-bond donors (Lipinski definition) is 2. The van der Waals surface area contributed by atoms with Gasteiger partial charge in [-0.2, -0.15) is 14.3 Å². The third-order valence-corrected chi connectivity index (χ3v) is 51.4. The van der Waals surface area contributed by atoms with Crippen molar-refractivity contribution in [2.24, 2.45) is 0 Å². The Labute approximate surface area is 402 Å². The zero-order valence-electron chi connectivity index (χ0n) is 45.0. The van der Waals surface area contributed by atoms with Gasteiger partial charge in [0, 0.05) is 5.57 Å². The van der Waals surface area contributed by atoms with Crippen molar-refractivity contribution in [3.63, 3.8) is 0 Å². The number of ether oxygens (including phenoxy) is 1. The standard InChI is InChI=1S/C35H94NO16PSi11/c1-28-30-41-53(38,39)42-31-29-36(4,5)32-54(6,7)43-56(10,11)45-58(14,15)47-60(18,19)49-62(22,23)51-64(26,27)52-63(24,25)50-61(20,21)48-59(16,17)46-57(12,13)44-55(8,9)33-40-35(37)34(2)3/h38-39H,2,28-33H2,1,3-27H3/q+2. The van der Waals surface area contributed by atoms with Crippen LogP contribution in [0.1, 0.15) is 20.3 Å². The largest absolute Gasteiger partial charge is 0.570 e. The Kier molecular flexibility index (Phi) is 24.3. The van der Waals surface area contributed by atoms with Crippen LogP contribution in [0, 0.1) is 0 Å². The van der Waals surface area contributed by atoms with Crippen molar-refractivity contribution in [1.82, 2.24) is 0 Å². The maximum Gasteiger partial charge on any atom is 0.570 e. The first-order chi connectivity index (χ1) is 27.9. The summed E-state index contributed by atoms with van der Waals surface area (Å²) in [7, 11) is -29.3. The molecule has 0 spiro atoms. The second-order valence-electron chi connectivity index (χ2n) is 22.5. The summed E-state index contributed by atoms with van der Waals surface area (Å²) in [6.45, 7) is 53.1. The molecule has 0 aliphatic heterocycles. The minimum Gasteiger partial charge on any atom is -0.463 e. The summed E-state index contributed by atoms with van der Waals surface area (Å²) in [6.07, 6.45) is 1.64. The summed E-state index contributed by atoms with van der Waals surface area (Å²) in [4.78, 5) is 32.1. The molecule has 0 saturated carbocycles. The first-order valence-electron chi connectivity index (χ1n) is 22.2. The van der Waals surface area contributed by atoms with Crippen molar-refractivity contribution in [3.8, 4) is 0 Å². The van der Waals surface area contributed by atoms with Crippen molar-refractivity contribution in [2.75, 3.05) is 46.3 Å². The zero-order valence-corrected chi connectivity index (χ0v) is 56.8. The summed E-state index contributed by atoms with van der Waals surface area (Å²) < 4.78 is 84.3. The maximum atomic E-state index is 12.0. The van der Waals surface area contributed by atoms with Gasteiger partial charge in [0.2, 0.25) is 16.6 Å². The molecule has 2 N–H and O–H groups in total. The molecule has 17 nitrogen and oxygen atoms in total. The fourth-order valence-electron chi connectivity index (χ4n) is 8.44. The molecule has 0 aromatic carbocycles. The van der Waals surface area contributed by atoms with Gasteiger partial charge in [-0.15, -0.1) is 4.52 Å². The topological polar surface area (TPSA) is 178 Å². The molecule has 0 rings (SSSR count). The Morgan fingerprint density at radius 2 is 0.750 bits per heavy atom. The van der Waals surface area contributed by atoms with Crippen LogP contribution < -0.4 is 0 Å². The Hall–Kier alpha value is 1.43. The number of carbonyl (C=O) groups is 1. The van der Waals surface area contributed by atoms with E-state index in [9.17, 15) is 14.6 Å². The van der Waals surface area contributed by atoms with E-state index in [4.69, 9.17) is 54.9 Å². The SMILES string of the molecule is C=C(C)C(=O)OC[Si](C)(C)O[Si](C)(C)O[Si](C)(C)O[Si](C)(C)O[Si](C)(C)O[Si](C)(C)O[Si](C)(C)O[Si](C)(C)O[Si](C)(C)O[Si](C)(C)O[Si](C)(C)C[N+](C)(C)CCO[P+](O)(O)OCCC.